The predicted octanol–water partition coefficient (Wildman–Crippen LogP) is 1.94. The first-order valence-electron chi connectivity index (χ1n) is 4.33. The van der Waals surface area contributed by atoms with E-state index in [-0.39, 0.29) is 6.01 Å². The monoisotopic (exact) mass is 189 g/mol. The minimum Gasteiger partial charge on any atom is -0.351 e. The average molecular weight is 189 g/mol. The fraction of sp³-hybridized carbons (Fsp3) is 0.200. The van der Waals surface area contributed by atoms with Gasteiger partial charge in [0.15, 0.2) is 0 Å². The summed E-state index contributed by atoms with van der Waals surface area (Å²) in [6.45, 7) is 4.02. The lowest BCUT2D eigenvalue weighted by Gasteiger charge is -2.01. The molecule has 0 bridgehead atoms. The predicted molar refractivity (Wildman–Crippen MR) is 53.6 cm³/mol. The van der Waals surface area contributed by atoms with Crippen molar-refractivity contribution in [2.45, 2.75) is 13.8 Å². The van der Waals surface area contributed by atoms with Gasteiger partial charge >= 0.3 is 6.01 Å². The topological polar surface area (TPSA) is 64.9 Å². The maximum Gasteiger partial charge on any atom is 0.319 e. The van der Waals surface area contributed by atoms with Crippen LogP contribution in [-0.2, 0) is 0 Å². The third kappa shape index (κ3) is 1.46. The zero-order valence-corrected chi connectivity index (χ0v) is 8.11. The Balaban J connectivity index is 2.55. The first-order valence-corrected chi connectivity index (χ1v) is 4.33. The van der Waals surface area contributed by atoms with Crippen LogP contribution in [0, 0.1) is 13.8 Å². The summed E-state index contributed by atoms with van der Waals surface area (Å²) in [5, 5.41) is 3.78. The lowest BCUT2D eigenvalue weighted by Crippen LogP contribution is -1.88. The standard InChI is InChI=1S/C10H11N3O/c1-6-3-4-7(2)8(5-6)9-12-10(11)14-13-9/h3-5H,1-2H3,(H2,11,12,13). The van der Waals surface area contributed by atoms with Crippen LogP contribution >= 0.6 is 0 Å². The molecule has 0 fully saturated rings. The third-order valence-corrected chi connectivity index (χ3v) is 2.08. The van der Waals surface area contributed by atoms with Crippen molar-refractivity contribution in [1.82, 2.24) is 10.1 Å². The highest BCUT2D eigenvalue weighted by Gasteiger charge is 2.08. The summed E-state index contributed by atoms with van der Waals surface area (Å²) in [4.78, 5) is 3.98. The van der Waals surface area contributed by atoms with E-state index in [4.69, 9.17) is 10.3 Å². The average Bonchev–Trinajstić information content (AvgIpc) is 2.56. The first kappa shape index (κ1) is 8.74. The largest absolute Gasteiger partial charge is 0.351 e. The van der Waals surface area contributed by atoms with Gasteiger partial charge in [-0.25, -0.2) is 0 Å². The Bertz CT molecular complexity index is 462. The molecule has 4 heteroatoms. The molecule has 0 radical (unpaired) electrons. The van der Waals surface area contributed by atoms with Crippen molar-refractivity contribution in [2.75, 3.05) is 5.73 Å². The zero-order chi connectivity index (χ0) is 10.1. The van der Waals surface area contributed by atoms with Crippen molar-refractivity contribution in [1.29, 1.82) is 0 Å². The van der Waals surface area contributed by atoms with Crippen molar-refractivity contribution >= 4 is 6.01 Å². The van der Waals surface area contributed by atoms with E-state index in [0.29, 0.717) is 5.82 Å². The molecule has 72 valence electrons. The number of nitrogen functional groups attached to an aromatic ring is 1. The van der Waals surface area contributed by atoms with E-state index in [0.717, 1.165) is 16.7 Å². The molecule has 2 N–H and O–H groups in total. The summed E-state index contributed by atoms with van der Waals surface area (Å²) >= 11 is 0. The van der Waals surface area contributed by atoms with Gasteiger partial charge in [0.2, 0.25) is 5.82 Å². The van der Waals surface area contributed by atoms with Crippen LogP contribution in [-0.4, -0.2) is 10.1 Å². The highest BCUT2D eigenvalue weighted by Crippen LogP contribution is 2.21. The van der Waals surface area contributed by atoms with E-state index < -0.39 is 0 Å². The van der Waals surface area contributed by atoms with Crippen molar-refractivity contribution in [2.24, 2.45) is 0 Å². The Hall–Kier alpha value is -1.84. The van der Waals surface area contributed by atoms with Gasteiger partial charge < -0.3 is 10.3 Å². The molecule has 2 aromatic rings. The van der Waals surface area contributed by atoms with Crippen molar-refractivity contribution in [3.63, 3.8) is 0 Å². The molecular formula is C10H11N3O. The van der Waals surface area contributed by atoms with Gasteiger partial charge in [-0.05, 0) is 25.5 Å². The van der Waals surface area contributed by atoms with Gasteiger partial charge in [0.05, 0.1) is 0 Å². The minimum absolute atomic E-state index is 0.0981. The van der Waals surface area contributed by atoms with Crippen LogP contribution in [0.15, 0.2) is 22.7 Å². The number of rotatable bonds is 1. The van der Waals surface area contributed by atoms with E-state index in [2.05, 4.69) is 10.1 Å². The molecule has 0 spiro atoms. The molecule has 0 saturated carbocycles. The smallest absolute Gasteiger partial charge is 0.319 e. The number of anilines is 1. The van der Waals surface area contributed by atoms with Gasteiger partial charge in [0.25, 0.3) is 0 Å². The first-order chi connectivity index (χ1) is 6.66. The number of hydrogen-bond donors (Lipinski definition) is 1. The molecule has 0 unspecified atom stereocenters. The molecule has 0 aliphatic rings. The molecular weight excluding hydrogens is 178 g/mol. The van der Waals surface area contributed by atoms with Gasteiger partial charge in [0.1, 0.15) is 0 Å². The van der Waals surface area contributed by atoms with E-state index in [9.17, 15) is 0 Å². The minimum atomic E-state index is 0.0981. The Morgan fingerprint density at radius 3 is 2.71 bits per heavy atom. The van der Waals surface area contributed by atoms with E-state index in [1.807, 2.05) is 32.0 Å². The summed E-state index contributed by atoms with van der Waals surface area (Å²) < 4.78 is 4.73. The Labute approximate surface area is 81.7 Å². The number of benzene rings is 1. The normalized spacial score (nSPS) is 10.4. The molecule has 0 aliphatic carbocycles. The van der Waals surface area contributed by atoms with E-state index >= 15 is 0 Å². The molecule has 4 nitrogen and oxygen atoms in total. The van der Waals surface area contributed by atoms with Crippen LogP contribution in [0.25, 0.3) is 11.4 Å². The molecule has 1 aromatic heterocycles. The summed E-state index contributed by atoms with van der Waals surface area (Å²) in [5.41, 5.74) is 8.60. The number of nitrogens with zero attached hydrogens (tertiary/aromatic N) is 2. The van der Waals surface area contributed by atoms with Gasteiger partial charge in [-0.1, -0.05) is 22.9 Å². The maximum absolute atomic E-state index is 5.36. The lowest BCUT2D eigenvalue weighted by molar-refractivity contribution is 0.437. The van der Waals surface area contributed by atoms with Gasteiger partial charge in [0, 0.05) is 5.56 Å². The maximum atomic E-state index is 5.36. The molecule has 1 aromatic carbocycles. The summed E-state index contributed by atoms with van der Waals surface area (Å²) in [5.74, 6) is 0.545. The van der Waals surface area contributed by atoms with Crippen molar-refractivity contribution < 1.29 is 4.52 Å². The second kappa shape index (κ2) is 3.14. The van der Waals surface area contributed by atoms with E-state index in [1.54, 1.807) is 0 Å². The summed E-state index contributed by atoms with van der Waals surface area (Å²) in [6.07, 6.45) is 0. The van der Waals surface area contributed by atoms with Crippen LogP contribution in [0.4, 0.5) is 6.01 Å². The van der Waals surface area contributed by atoms with Crippen LogP contribution in [0.1, 0.15) is 11.1 Å². The SMILES string of the molecule is Cc1ccc(C)c(-c2noc(N)n2)c1. The fourth-order valence-electron chi connectivity index (χ4n) is 1.32. The Kier molecular flexibility index (Phi) is 1.96. The summed E-state index contributed by atoms with van der Waals surface area (Å²) in [6, 6.07) is 6.18. The van der Waals surface area contributed by atoms with Crippen molar-refractivity contribution in [3.05, 3.63) is 29.3 Å². The van der Waals surface area contributed by atoms with Gasteiger partial charge in [-0.2, -0.15) is 4.98 Å². The molecule has 0 saturated heterocycles. The number of hydrogen-bond acceptors (Lipinski definition) is 4. The van der Waals surface area contributed by atoms with Crippen LogP contribution in [0.5, 0.6) is 0 Å². The zero-order valence-electron chi connectivity index (χ0n) is 8.11. The molecule has 2 rings (SSSR count). The van der Waals surface area contributed by atoms with Crippen LogP contribution < -0.4 is 5.73 Å². The highest BCUT2D eigenvalue weighted by atomic mass is 16.5. The molecule has 0 atom stereocenters. The van der Waals surface area contributed by atoms with Crippen molar-refractivity contribution in [3.8, 4) is 11.4 Å². The second-order valence-electron chi connectivity index (χ2n) is 3.27. The molecule has 0 amide bonds. The molecule has 1 heterocycles. The quantitative estimate of drug-likeness (QED) is 0.744. The number of aromatic nitrogens is 2. The number of nitrogens with two attached hydrogens (primary N) is 1. The summed E-state index contributed by atoms with van der Waals surface area (Å²) in [7, 11) is 0. The van der Waals surface area contributed by atoms with Gasteiger partial charge in [-0.3, -0.25) is 0 Å². The third-order valence-electron chi connectivity index (χ3n) is 2.08. The van der Waals surface area contributed by atoms with Gasteiger partial charge in [-0.15, -0.1) is 0 Å². The molecule has 14 heavy (non-hydrogen) atoms. The second-order valence-corrected chi connectivity index (χ2v) is 3.27. The molecule has 0 aliphatic heterocycles. The van der Waals surface area contributed by atoms with Crippen LogP contribution in [0.2, 0.25) is 0 Å². The Morgan fingerprint density at radius 2 is 2.07 bits per heavy atom. The van der Waals surface area contributed by atoms with Crippen LogP contribution in [0.3, 0.4) is 0 Å². The number of aryl methyl sites for hydroxylation is 2. The highest BCUT2D eigenvalue weighted by molar-refractivity contribution is 5.61. The Morgan fingerprint density at radius 1 is 1.29 bits per heavy atom. The lowest BCUT2D eigenvalue weighted by atomic mass is 10.1. The van der Waals surface area contributed by atoms with E-state index in [1.165, 1.54) is 0 Å². The fourth-order valence-corrected chi connectivity index (χ4v) is 1.32.